The van der Waals surface area contributed by atoms with Crippen LogP contribution in [0, 0.1) is 13.8 Å². The van der Waals surface area contributed by atoms with Gasteiger partial charge in [0.05, 0.1) is 18.4 Å². The third-order valence-electron chi connectivity index (χ3n) is 3.16. The summed E-state index contributed by atoms with van der Waals surface area (Å²) in [5.41, 5.74) is 3.45. The molecule has 0 aliphatic rings. The lowest BCUT2D eigenvalue weighted by Gasteiger charge is -2.14. The first-order valence-electron chi connectivity index (χ1n) is 5.87. The number of nitrogens with zero attached hydrogens (tertiary/aromatic N) is 2. The molecular weight excluding hydrogens is 228 g/mol. The summed E-state index contributed by atoms with van der Waals surface area (Å²) in [7, 11) is 3.39. The molecule has 0 amide bonds. The van der Waals surface area contributed by atoms with Gasteiger partial charge < -0.3 is 9.84 Å². The van der Waals surface area contributed by atoms with Crippen LogP contribution < -0.4 is 4.74 Å². The van der Waals surface area contributed by atoms with Crippen molar-refractivity contribution in [1.29, 1.82) is 0 Å². The molecule has 0 saturated carbocycles. The van der Waals surface area contributed by atoms with Crippen molar-refractivity contribution in [2.75, 3.05) is 7.11 Å². The summed E-state index contributed by atoms with van der Waals surface area (Å²) in [5, 5.41) is 14.8. The number of hydrogen-bond acceptors (Lipinski definition) is 3. The minimum Gasteiger partial charge on any atom is -0.481 e. The summed E-state index contributed by atoms with van der Waals surface area (Å²) < 4.78 is 6.96. The summed E-state index contributed by atoms with van der Waals surface area (Å²) in [6.07, 6.45) is -0.713. The molecule has 0 aliphatic carbocycles. The van der Waals surface area contributed by atoms with Gasteiger partial charge in [0.25, 0.3) is 0 Å². The molecule has 2 aromatic rings. The topological polar surface area (TPSA) is 47.3 Å². The van der Waals surface area contributed by atoms with Gasteiger partial charge in [-0.25, -0.2) is 4.68 Å². The van der Waals surface area contributed by atoms with Gasteiger partial charge in [-0.1, -0.05) is 24.3 Å². The van der Waals surface area contributed by atoms with Gasteiger partial charge in [0.1, 0.15) is 6.10 Å². The highest BCUT2D eigenvalue weighted by atomic mass is 16.5. The van der Waals surface area contributed by atoms with E-state index in [1.807, 2.05) is 38.1 Å². The van der Waals surface area contributed by atoms with Crippen molar-refractivity contribution in [3.05, 3.63) is 46.6 Å². The van der Waals surface area contributed by atoms with E-state index in [0.29, 0.717) is 5.88 Å². The fourth-order valence-electron chi connectivity index (χ4n) is 2.26. The van der Waals surface area contributed by atoms with Crippen LogP contribution in [0.1, 0.15) is 28.5 Å². The largest absolute Gasteiger partial charge is 0.481 e. The molecule has 0 fully saturated rings. The van der Waals surface area contributed by atoms with E-state index >= 15 is 0 Å². The van der Waals surface area contributed by atoms with E-state index in [4.69, 9.17) is 4.74 Å². The number of benzene rings is 1. The number of hydrogen-bond donors (Lipinski definition) is 1. The van der Waals surface area contributed by atoms with E-state index in [0.717, 1.165) is 22.4 Å². The van der Waals surface area contributed by atoms with Crippen LogP contribution in [0.2, 0.25) is 0 Å². The van der Waals surface area contributed by atoms with Crippen LogP contribution in [0.3, 0.4) is 0 Å². The van der Waals surface area contributed by atoms with Crippen molar-refractivity contribution in [2.45, 2.75) is 20.0 Å². The van der Waals surface area contributed by atoms with E-state index in [-0.39, 0.29) is 0 Å². The maximum atomic E-state index is 10.5. The minimum atomic E-state index is -0.713. The number of aliphatic hydroxyl groups is 1. The Morgan fingerprint density at radius 2 is 1.94 bits per heavy atom. The van der Waals surface area contributed by atoms with Gasteiger partial charge in [-0.3, -0.25) is 0 Å². The molecule has 1 heterocycles. The highest BCUT2D eigenvalue weighted by Gasteiger charge is 2.23. The predicted octanol–water partition coefficient (Wildman–Crippen LogP) is 2.13. The second-order valence-electron chi connectivity index (χ2n) is 4.39. The van der Waals surface area contributed by atoms with E-state index in [1.54, 1.807) is 18.8 Å². The molecule has 0 saturated heterocycles. The van der Waals surface area contributed by atoms with Crippen LogP contribution in [0.5, 0.6) is 5.88 Å². The van der Waals surface area contributed by atoms with Gasteiger partial charge in [-0.2, -0.15) is 5.10 Å². The van der Waals surface area contributed by atoms with Gasteiger partial charge in [0, 0.05) is 7.05 Å². The molecule has 0 bridgehead atoms. The number of rotatable bonds is 3. The molecule has 2 rings (SSSR count). The summed E-state index contributed by atoms with van der Waals surface area (Å²) in [6, 6.07) is 7.78. The second-order valence-corrected chi connectivity index (χ2v) is 4.39. The predicted molar refractivity (Wildman–Crippen MR) is 69.7 cm³/mol. The van der Waals surface area contributed by atoms with Gasteiger partial charge >= 0.3 is 0 Å². The number of aromatic nitrogens is 2. The first kappa shape index (κ1) is 12.6. The third kappa shape index (κ3) is 1.99. The van der Waals surface area contributed by atoms with Crippen LogP contribution in [0.4, 0.5) is 0 Å². The van der Waals surface area contributed by atoms with Crippen LogP contribution in [0.25, 0.3) is 0 Å². The van der Waals surface area contributed by atoms with Crippen molar-refractivity contribution < 1.29 is 9.84 Å². The highest BCUT2D eigenvalue weighted by Crippen LogP contribution is 2.33. The van der Waals surface area contributed by atoms with E-state index in [1.165, 1.54) is 0 Å². The fraction of sp³-hybridized carbons (Fsp3) is 0.357. The van der Waals surface area contributed by atoms with E-state index in [9.17, 15) is 5.11 Å². The molecular formula is C14H18N2O2. The Morgan fingerprint density at radius 1 is 1.28 bits per heavy atom. The Balaban J connectivity index is 2.53. The summed E-state index contributed by atoms with van der Waals surface area (Å²) in [6.45, 7) is 3.86. The molecule has 0 radical (unpaired) electrons. The lowest BCUT2D eigenvalue weighted by Crippen LogP contribution is -2.05. The third-order valence-corrected chi connectivity index (χ3v) is 3.16. The Morgan fingerprint density at radius 3 is 2.56 bits per heavy atom. The lowest BCUT2D eigenvalue weighted by molar-refractivity contribution is 0.212. The Bertz CT molecular complexity index is 561. The van der Waals surface area contributed by atoms with Gasteiger partial charge in [-0.15, -0.1) is 0 Å². The highest BCUT2D eigenvalue weighted by molar-refractivity contribution is 5.41. The molecule has 4 nitrogen and oxygen atoms in total. The second kappa shape index (κ2) is 4.82. The molecule has 1 unspecified atom stereocenters. The van der Waals surface area contributed by atoms with Crippen molar-refractivity contribution in [3.8, 4) is 5.88 Å². The normalized spacial score (nSPS) is 12.5. The molecule has 0 aliphatic heterocycles. The molecule has 1 aromatic heterocycles. The van der Waals surface area contributed by atoms with E-state index in [2.05, 4.69) is 5.10 Å². The van der Waals surface area contributed by atoms with Crippen molar-refractivity contribution >= 4 is 0 Å². The Hall–Kier alpha value is -1.81. The monoisotopic (exact) mass is 246 g/mol. The molecule has 18 heavy (non-hydrogen) atoms. The molecule has 96 valence electrons. The zero-order valence-corrected chi connectivity index (χ0v) is 11.1. The maximum absolute atomic E-state index is 10.5. The molecule has 1 N–H and O–H groups in total. The van der Waals surface area contributed by atoms with Gasteiger partial charge in [-0.05, 0) is 25.0 Å². The first-order chi connectivity index (χ1) is 8.56. The molecule has 4 heteroatoms. The fourth-order valence-corrected chi connectivity index (χ4v) is 2.26. The van der Waals surface area contributed by atoms with Gasteiger partial charge in [0.2, 0.25) is 5.88 Å². The maximum Gasteiger partial charge on any atom is 0.217 e. The van der Waals surface area contributed by atoms with Crippen LogP contribution in [-0.2, 0) is 7.05 Å². The van der Waals surface area contributed by atoms with Crippen molar-refractivity contribution in [3.63, 3.8) is 0 Å². The van der Waals surface area contributed by atoms with Crippen molar-refractivity contribution in [2.24, 2.45) is 7.05 Å². The van der Waals surface area contributed by atoms with Crippen LogP contribution in [0.15, 0.2) is 24.3 Å². The number of ether oxygens (including phenoxy) is 1. The number of aryl methyl sites for hydroxylation is 3. The molecule has 1 atom stereocenters. The Labute approximate surface area is 107 Å². The quantitative estimate of drug-likeness (QED) is 0.902. The average molecular weight is 246 g/mol. The summed E-state index contributed by atoms with van der Waals surface area (Å²) in [4.78, 5) is 0. The molecule has 1 aromatic carbocycles. The van der Waals surface area contributed by atoms with Crippen LogP contribution in [-0.4, -0.2) is 22.0 Å². The summed E-state index contributed by atoms with van der Waals surface area (Å²) in [5.74, 6) is 0.600. The number of methoxy groups -OCH3 is 1. The number of aliphatic hydroxyl groups excluding tert-OH is 1. The minimum absolute atomic E-state index is 0.600. The molecule has 0 spiro atoms. The Kier molecular flexibility index (Phi) is 3.39. The zero-order valence-electron chi connectivity index (χ0n) is 11.1. The summed E-state index contributed by atoms with van der Waals surface area (Å²) >= 11 is 0. The van der Waals surface area contributed by atoms with E-state index < -0.39 is 6.10 Å². The lowest BCUT2D eigenvalue weighted by atomic mass is 9.98. The van der Waals surface area contributed by atoms with Crippen LogP contribution >= 0.6 is 0 Å². The zero-order chi connectivity index (χ0) is 13.3. The van der Waals surface area contributed by atoms with Crippen molar-refractivity contribution in [1.82, 2.24) is 9.78 Å². The standard InChI is InChI=1S/C14H18N2O2/c1-9-7-5-6-8-11(9)13(17)12-10(2)15-16(3)14(12)18-4/h5-8,13,17H,1-4H3. The smallest absolute Gasteiger partial charge is 0.217 e. The first-order valence-corrected chi connectivity index (χ1v) is 5.87. The van der Waals surface area contributed by atoms with Gasteiger partial charge in [0.15, 0.2) is 0 Å². The SMILES string of the molecule is COc1c(C(O)c2ccccc2C)c(C)nn1C. The average Bonchev–Trinajstić information content (AvgIpc) is 2.63.